The fourth-order valence-corrected chi connectivity index (χ4v) is 8.89. The Labute approximate surface area is 332 Å². The number of hydrogen-bond donors (Lipinski definition) is 2. The lowest BCUT2D eigenvalue weighted by Crippen LogP contribution is -1.97. The first-order valence-corrected chi connectivity index (χ1v) is 19.5. The van der Waals surface area contributed by atoms with Crippen molar-refractivity contribution in [3.8, 4) is 50.2 Å². The van der Waals surface area contributed by atoms with Gasteiger partial charge in [-0.3, -0.25) is 0 Å². The van der Waals surface area contributed by atoms with Crippen LogP contribution in [0, 0.1) is 6.92 Å². The zero-order valence-corrected chi connectivity index (χ0v) is 31.8. The van der Waals surface area contributed by atoms with E-state index in [1.165, 1.54) is 87.8 Å². The van der Waals surface area contributed by atoms with Crippen LogP contribution >= 0.6 is 12.6 Å². The van der Waals surface area contributed by atoms with Gasteiger partial charge in [-0.05, 0) is 150 Å². The van der Waals surface area contributed by atoms with Crippen molar-refractivity contribution in [1.29, 1.82) is 0 Å². The topological polar surface area (TPSA) is 30.9 Å². The number of nitrogens with zero attached hydrogens (tertiary/aromatic N) is 1. The Balaban J connectivity index is 1.09. The number of nitrogens with two attached hydrogens (primary N) is 1. The van der Waals surface area contributed by atoms with Crippen LogP contribution in [-0.4, -0.2) is 4.57 Å². The molecule has 0 aliphatic carbocycles. The monoisotopic (exact) mass is 734 g/mol. The van der Waals surface area contributed by atoms with Gasteiger partial charge < -0.3 is 10.3 Å². The molecule has 0 aliphatic rings. The Kier molecular flexibility index (Phi) is 8.31. The van der Waals surface area contributed by atoms with Gasteiger partial charge >= 0.3 is 0 Å². The van der Waals surface area contributed by atoms with Gasteiger partial charge in [0.15, 0.2) is 0 Å². The Bertz CT molecular complexity index is 3130. The lowest BCUT2D eigenvalue weighted by molar-refractivity contribution is 1.09. The van der Waals surface area contributed by atoms with E-state index < -0.39 is 0 Å². The molecule has 9 aromatic carbocycles. The van der Waals surface area contributed by atoms with Crippen molar-refractivity contribution in [2.75, 3.05) is 0 Å². The molecule has 0 saturated heterocycles. The Hall–Kier alpha value is -6.81. The molecule has 0 atom stereocenters. The largest absolute Gasteiger partial charge is 0.405 e. The third kappa shape index (κ3) is 5.68. The summed E-state index contributed by atoms with van der Waals surface area (Å²) in [4.78, 5) is 0.918. The smallest absolute Gasteiger partial charge is 0.0538 e. The molecule has 0 spiro atoms. The minimum Gasteiger partial charge on any atom is -0.405 e. The van der Waals surface area contributed by atoms with Crippen molar-refractivity contribution in [3.63, 3.8) is 0 Å². The van der Waals surface area contributed by atoms with Gasteiger partial charge in [0.25, 0.3) is 0 Å². The predicted octanol–water partition coefficient (Wildman–Crippen LogP) is 14.3. The normalized spacial score (nSPS) is 11.8. The molecular weight excluding hydrogens is 697 g/mol. The molecule has 0 bridgehead atoms. The SMILES string of the molecule is Cc1c(/C=C\N)n(-c2cccc(S)c2)c2ccc(-c3cccc(-c4cccc(-c5c6ccccc6c(-c6ccc7ccccc7c6)c6ccccc56)c4)c3)cc12. The van der Waals surface area contributed by atoms with Crippen LogP contribution in [0.5, 0.6) is 0 Å². The van der Waals surface area contributed by atoms with E-state index in [1.54, 1.807) is 6.20 Å². The van der Waals surface area contributed by atoms with Crippen molar-refractivity contribution in [1.82, 2.24) is 4.57 Å². The van der Waals surface area contributed by atoms with E-state index in [4.69, 9.17) is 5.73 Å². The van der Waals surface area contributed by atoms with Gasteiger partial charge in [0.05, 0.1) is 11.2 Å². The number of aryl methyl sites for hydroxylation is 1. The summed E-state index contributed by atoms with van der Waals surface area (Å²) in [6, 6.07) is 66.2. The van der Waals surface area contributed by atoms with Crippen molar-refractivity contribution in [2.45, 2.75) is 11.8 Å². The Morgan fingerprint density at radius 2 is 0.964 bits per heavy atom. The molecule has 10 aromatic rings. The molecule has 1 heterocycles. The molecule has 0 radical (unpaired) electrons. The van der Waals surface area contributed by atoms with E-state index in [2.05, 4.69) is 194 Å². The van der Waals surface area contributed by atoms with Crippen molar-refractivity contribution < 1.29 is 0 Å². The summed E-state index contributed by atoms with van der Waals surface area (Å²) < 4.78 is 2.27. The van der Waals surface area contributed by atoms with Crippen molar-refractivity contribution >= 4 is 61.9 Å². The number of aromatic nitrogens is 1. The molecule has 266 valence electrons. The molecule has 10 rings (SSSR count). The zero-order valence-electron chi connectivity index (χ0n) is 30.9. The summed E-state index contributed by atoms with van der Waals surface area (Å²) in [5.41, 5.74) is 20.1. The highest BCUT2D eigenvalue weighted by Gasteiger charge is 2.18. The van der Waals surface area contributed by atoms with Crippen molar-refractivity contribution in [3.05, 3.63) is 199 Å². The quantitative estimate of drug-likeness (QED) is 0.129. The second kappa shape index (κ2) is 13.8. The van der Waals surface area contributed by atoms with Gasteiger partial charge in [0, 0.05) is 16.0 Å². The summed E-state index contributed by atoms with van der Waals surface area (Å²) in [6.07, 6.45) is 3.60. The maximum Gasteiger partial charge on any atom is 0.0538 e. The molecule has 0 aliphatic heterocycles. The summed E-state index contributed by atoms with van der Waals surface area (Å²) >= 11 is 4.63. The second-order valence-electron chi connectivity index (χ2n) is 14.5. The fraction of sp³-hybridized carbons (Fsp3) is 0.0189. The van der Waals surface area contributed by atoms with Crippen LogP contribution in [0.15, 0.2) is 193 Å². The van der Waals surface area contributed by atoms with Gasteiger partial charge in [-0.15, -0.1) is 12.6 Å². The second-order valence-corrected chi connectivity index (χ2v) is 15.0. The number of fused-ring (bicyclic) bond motifs is 4. The van der Waals surface area contributed by atoms with Crippen LogP contribution < -0.4 is 5.73 Å². The molecule has 56 heavy (non-hydrogen) atoms. The highest BCUT2D eigenvalue weighted by molar-refractivity contribution is 7.80. The summed E-state index contributed by atoms with van der Waals surface area (Å²) in [5.74, 6) is 0. The van der Waals surface area contributed by atoms with Gasteiger partial charge in [0.1, 0.15) is 0 Å². The molecule has 0 saturated carbocycles. The highest BCUT2D eigenvalue weighted by atomic mass is 32.1. The van der Waals surface area contributed by atoms with E-state index in [0.717, 1.165) is 21.8 Å². The van der Waals surface area contributed by atoms with E-state index in [1.807, 2.05) is 18.2 Å². The minimum atomic E-state index is 0.918. The molecule has 3 heteroatoms. The maximum absolute atomic E-state index is 5.96. The third-order valence-corrected chi connectivity index (χ3v) is 11.5. The van der Waals surface area contributed by atoms with E-state index in [0.29, 0.717) is 0 Å². The molecule has 0 fully saturated rings. The summed E-state index contributed by atoms with van der Waals surface area (Å²) in [7, 11) is 0. The average Bonchev–Trinajstić information content (AvgIpc) is 3.52. The third-order valence-electron chi connectivity index (χ3n) is 11.3. The Morgan fingerprint density at radius 1 is 0.446 bits per heavy atom. The van der Waals surface area contributed by atoms with E-state index >= 15 is 0 Å². The summed E-state index contributed by atoms with van der Waals surface area (Å²) in [5, 5.41) is 8.71. The molecular formula is C53H38N2S. The lowest BCUT2D eigenvalue weighted by Gasteiger charge is -2.18. The molecule has 2 N–H and O–H groups in total. The first kappa shape index (κ1) is 33.7. The van der Waals surface area contributed by atoms with Crippen LogP contribution in [0.1, 0.15) is 11.3 Å². The predicted molar refractivity (Wildman–Crippen MR) is 243 cm³/mol. The Morgan fingerprint density at radius 3 is 1.59 bits per heavy atom. The number of hydrogen-bond acceptors (Lipinski definition) is 2. The maximum atomic E-state index is 5.96. The van der Waals surface area contributed by atoms with E-state index in [-0.39, 0.29) is 0 Å². The number of benzene rings is 9. The molecule has 2 nitrogen and oxygen atoms in total. The van der Waals surface area contributed by atoms with Crippen LogP contribution in [0.4, 0.5) is 0 Å². The summed E-state index contributed by atoms with van der Waals surface area (Å²) in [6.45, 7) is 2.17. The molecule has 0 amide bonds. The first-order chi connectivity index (χ1) is 27.6. The highest BCUT2D eigenvalue weighted by Crippen LogP contribution is 2.45. The van der Waals surface area contributed by atoms with Gasteiger partial charge in [-0.25, -0.2) is 0 Å². The van der Waals surface area contributed by atoms with Crippen LogP contribution in [0.3, 0.4) is 0 Å². The zero-order chi connectivity index (χ0) is 37.8. The first-order valence-electron chi connectivity index (χ1n) is 19.0. The van der Waals surface area contributed by atoms with Gasteiger partial charge in [-0.2, -0.15) is 0 Å². The van der Waals surface area contributed by atoms with Crippen LogP contribution in [0.2, 0.25) is 0 Å². The van der Waals surface area contributed by atoms with Gasteiger partial charge in [0.2, 0.25) is 0 Å². The minimum absolute atomic E-state index is 0.918. The fourth-order valence-electron chi connectivity index (χ4n) is 8.68. The average molecular weight is 735 g/mol. The number of thiol groups is 1. The van der Waals surface area contributed by atoms with Crippen LogP contribution in [-0.2, 0) is 0 Å². The van der Waals surface area contributed by atoms with Gasteiger partial charge in [-0.1, -0.05) is 133 Å². The molecule has 1 aromatic heterocycles. The van der Waals surface area contributed by atoms with Crippen molar-refractivity contribution in [2.24, 2.45) is 5.73 Å². The van der Waals surface area contributed by atoms with E-state index in [9.17, 15) is 0 Å². The lowest BCUT2D eigenvalue weighted by atomic mass is 9.85. The standard InChI is InChI=1S/C53H38N2S/c1-34-49-32-40(25-26-51(49)55(50(34)27-28-54)43-17-10-18-44(56)33-43)38-14-8-13-37(29-38)39-15-9-16-41(31-39)52-45-19-4-6-21-47(45)53(48-22-7-5-20-46(48)52)42-24-23-35-11-2-3-12-36(35)30-42/h2-33,56H,54H2,1H3/b28-27-. The molecule has 0 unspecified atom stereocenters. The number of rotatable bonds is 6. The van der Waals surface area contributed by atoms with Crippen LogP contribution in [0.25, 0.3) is 99.5 Å².